The summed E-state index contributed by atoms with van der Waals surface area (Å²) < 4.78 is 0. The van der Waals surface area contributed by atoms with Crippen molar-refractivity contribution in [2.45, 2.75) is 51.6 Å². The van der Waals surface area contributed by atoms with Crippen molar-refractivity contribution in [2.75, 3.05) is 7.05 Å². The van der Waals surface area contributed by atoms with Gasteiger partial charge in [0.15, 0.2) is 0 Å². The summed E-state index contributed by atoms with van der Waals surface area (Å²) in [5.74, 6) is 0.951. The Bertz CT molecular complexity index is 186. The van der Waals surface area contributed by atoms with E-state index in [1.165, 1.54) is 25.7 Å². The average molecular weight is 198 g/mol. The van der Waals surface area contributed by atoms with Crippen molar-refractivity contribution < 1.29 is 4.79 Å². The lowest BCUT2D eigenvalue weighted by Gasteiger charge is -2.29. The van der Waals surface area contributed by atoms with Gasteiger partial charge < -0.3 is 10.6 Å². The molecule has 0 radical (unpaired) electrons. The Hall–Kier alpha value is -0.570. The van der Waals surface area contributed by atoms with Gasteiger partial charge in [0.25, 0.3) is 0 Å². The van der Waals surface area contributed by atoms with E-state index in [0.29, 0.717) is 6.04 Å². The van der Waals surface area contributed by atoms with Gasteiger partial charge in [-0.2, -0.15) is 0 Å². The monoisotopic (exact) mass is 198 g/mol. The molecule has 0 spiro atoms. The van der Waals surface area contributed by atoms with Crippen LogP contribution in [0.1, 0.15) is 39.5 Å². The third-order valence-electron chi connectivity index (χ3n) is 3.14. The van der Waals surface area contributed by atoms with E-state index in [4.69, 9.17) is 0 Å². The highest BCUT2D eigenvalue weighted by atomic mass is 16.2. The lowest BCUT2D eigenvalue weighted by atomic mass is 9.87. The summed E-state index contributed by atoms with van der Waals surface area (Å²) in [5.41, 5.74) is 0. The van der Waals surface area contributed by atoms with Crippen LogP contribution in [0, 0.1) is 5.92 Å². The maximum atomic E-state index is 11.3. The molecule has 1 saturated carbocycles. The summed E-state index contributed by atoms with van der Waals surface area (Å²) in [6, 6.07) is 0.483. The van der Waals surface area contributed by atoms with E-state index in [-0.39, 0.29) is 11.9 Å². The minimum absolute atomic E-state index is 0.0570. The number of amides is 1. The van der Waals surface area contributed by atoms with Crippen molar-refractivity contribution in [1.29, 1.82) is 0 Å². The molecule has 0 heterocycles. The Morgan fingerprint density at radius 1 is 1.29 bits per heavy atom. The van der Waals surface area contributed by atoms with Crippen LogP contribution in [0.5, 0.6) is 0 Å². The summed E-state index contributed by atoms with van der Waals surface area (Å²) in [5, 5.41) is 6.04. The molecular formula is C11H22N2O. The second kappa shape index (κ2) is 5.35. The number of carbonyl (C=O) groups is 1. The molecule has 1 rings (SSSR count). The second-order valence-electron chi connectivity index (χ2n) is 4.46. The summed E-state index contributed by atoms with van der Waals surface area (Å²) in [6.45, 7) is 4.23. The highest BCUT2D eigenvalue weighted by Crippen LogP contribution is 2.23. The summed E-state index contributed by atoms with van der Waals surface area (Å²) >= 11 is 0. The van der Waals surface area contributed by atoms with Crippen LogP contribution in [-0.4, -0.2) is 25.0 Å². The average Bonchev–Trinajstić information content (AvgIpc) is 2.20. The molecule has 0 bridgehead atoms. The van der Waals surface area contributed by atoms with Crippen molar-refractivity contribution in [3.63, 3.8) is 0 Å². The van der Waals surface area contributed by atoms with Gasteiger partial charge in [0.1, 0.15) is 0 Å². The first-order valence-corrected chi connectivity index (χ1v) is 5.61. The van der Waals surface area contributed by atoms with Crippen LogP contribution in [0.25, 0.3) is 0 Å². The smallest absolute Gasteiger partial charge is 0.236 e. The van der Waals surface area contributed by atoms with Crippen molar-refractivity contribution >= 4 is 5.91 Å². The zero-order chi connectivity index (χ0) is 10.6. The highest BCUT2D eigenvalue weighted by Gasteiger charge is 2.21. The minimum Gasteiger partial charge on any atom is -0.358 e. The van der Waals surface area contributed by atoms with E-state index in [1.54, 1.807) is 7.05 Å². The predicted molar refractivity (Wildman–Crippen MR) is 58.1 cm³/mol. The van der Waals surface area contributed by atoms with Crippen molar-refractivity contribution in [1.82, 2.24) is 10.6 Å². The Kier molecular flexibility index (Phi) is 4.39. The van der Waals surface area contributed by atoms with Crippen LogP contribution in [0.4, 0.5) is 0 Å². The van der Waals surface area contributed by atoms with Crippen molar-refractivity contribution in [3.8, 4) is 0 Å². The second-order valence-corrected chi connectivity index (χ2v) is 4.46. The fraction of sp³-hybridized carbons (Fsp3) is 0.909. The van der Waals surface area contributed by atoms with Crippen LogP contribution in [0.2, 0.25) is 0 Å². The van der Waals surface area contributed by atoms with Crippen molar-refractivity contribution in [3.05, 3.63) is 0 Å². The first kappa shape index (κ1) is 11.5. The van der Waals surface area contributed by atoms with E-state index in [1.807, 2.05) is 6.92 Å². The maximum Gasteiger partial charge on any atom is 0.236 e. The van der Waals surface area contributed by atoms with E-state index < -0.39 is 0 Å². The minimum atomic E-state index is -0.0570. The third kappa shape index (κ3) is 3.29. The number of nitrogens with one attached hydrogen (secondary N) is 2. The fourth-order valence-corrected chi connectivity index (χ4v) is 2.07. The molecule has 0 aromatic heterocycles. The SMILES string of the molecule is CNC(=O)C(C)NC1CCC(C)CC1. The van der Waals surface area contributed by atoms with Crippen LogP contribution in [-0.2, 0) is 4.79 Å². The molecule has 1 atom stereocenters. The van der Waals surface area contributed by atoms with Crippen LogP contribution in [0.15, 0.2) is 0 Å². The summed E-state index contributed by atoms with van der Waals surface area (Å²) in [4.78, 5) is 11.3. The van der Waals surface area contributed by atoms with Gasteiger partial charge >= 0.3 is 0 Å². The van der Waals surface area contributed by atoms with E-state index in [2.05, 4.69) is 17.6 Å². The van der Waals surface area contributed by atoms with E-state index >= 15 is 0 Å². The molecule has 14 heavy (non-hydrogen) atoms. The van der Waals surface area contributed by atoms with Gasteiger partial charge in [-0.1, -0.05) is 6.92 Å². The molecule has 2 N–H and O–H groups in total. The molecule has 3 nitrogen and oxygen atoms in total. The molecule has 1 unspecified atom stereocenters. The maximum absolute atomic E-state index is 11.3. The molecular weight excluding hydrogens is 176 g/mol. The number of rotatable bonds is 3. The zero-order valence-electron chi connectivity index (χ0n) is 9.47. The Morgan fingerprint density at radius 3 is 2.36 bits per heavy atom. The molecule has 1 aliphatic carbocycles. The molecule has 0 saturated heterocycles. The summed E-state index contributed by atoms with van der Waals surface area (Å²) in [6.07, 6.45) is 5.00. The quantitative estimate of drug-likeness (QED) is 0.717. The van der Waals surface area contributed by atoms with Gasteiger partial charge in [-0.3, -0.25) is 4.79 Å². The van der Waals surface area contributed by atoms with Gasteiger partial charge in [0.05, 0.1) is 6.04 Å². The molecule has 1 amide bonds. The van der Waals surface area contributed by atoms with Gasteiger partial charge in [0.2, 0.25) is 5.91 Å². The topological polar surface area (TPSA) is 41.1 Å². The third-order valence-corrected chi connectivity index (χ3v) is 3.14. The van der Waals surface area contributed by atoms with Gasteiger partial charge in [0, 0.05) is 13.1 Å². The lowest BCUT2D eigenvalue weighted by Crippen LogP contribution is -2.46. The first-order chi connectivity index (χ1) is 6.63. The number of hydrogen-bond donors (Lipinski definition) is 2. The van der Waals surface area contributed by atoms with Gasteiger partial charge in [-0.05, 0) is 38.5 Å². The van der Waals surface area contributed by atoms with Gasteiger partial charge in [-0.15, -0.1) is 0 Å². The number of carbonyl (C=O) groups excluding carboxylic acids is 1. The summed E-state index contributed by atoms with van der Waals surface area (Å²) in [7, 11) is 1.68. The normalized spacial score (nSPS) is 29.6. The molecule has 82 valence electrons. The van der Waals surface area contributed by atoms with E-state index in [9.17, 15) is 4.79 Å². The first-order valence-electron chi connectivity index (χ1n) is 5.61. The molecule has 3 heteroatoms. The van der Waals surface area contributed by atoms with Crippen LogP contribution >= 0.6 is 0 Å². The molecule has 0 aromatic rings. The fourth-order valence-electron chi connectivity index (χ4n) is 2.07. The standard InChI is InChI=1S/C11H22N2O/c1-8-4-6-10(7-5-8)13-9(2)11(14)12-3/h8-10,13H,4-7H2,1-3H3,(H,12,14). The molecule has 0 aromatic carbocycles. The lowest BCUT2D eigenvalue weighted by molar-refractivity contribution is -0.122. The molecule has 1 fully saturated rings. The molecule has 0 aliphatic heterocycles. The van der Waals surface area contributed by atoms with E-state index in [0.717, 1.165) is 5.92 Å². The van der Waals surface area contributed by atoms with Gasteiger partial charge in [-0.25, -0.2) is 0 Å². The predicted octanol–water partition coefficient (Wildman–Crippen LogP) is 1.29. The van der Waals surface area contributed by atoms with Crippen molar-refractivity contribution in [2.24, 2.45) is 5.92 Å². The molecule has 1 aliphatic rings. The number of hydrogen-bond acceptors (Lipinski definition) is 2. The highest BCUT2D eigenvalue weighted by molar-refractivity contribution is 5.80. The Balaban J connectivity index is 2.27. The Labute approximate surface area is 86.6 Å². The largest absolute Gasteiger partial charge is 0.358 e. The zero-order valence-corrected chi connectivity index (χ0v) is 9.47. The van der Waals surface area contributed by atoms with Crippen LogP contribution < -0.4 is 10.6 Å². The number of likely N-dealkylation sites (N-methyl/N-ethyl adjacent to an activating group) is 1. The van der Waals surface area contributed by atoms with Crippen LogP contribution in [0.3, 0.4) is 0 Å². The Morgan fingerprint density at radius 2 is 1.86 bits per heavy atom.